The molecule has 1 aliphatic carbocycles. The molecular formula is C14H27NO2. The highest BCUT2D eigenvalue weighted by Gasteiger charge is 2.36. The quantitative estimate of drug-likeness (QED) is 0.771. The van der Waals surface area contributed by atoms with Crippen LogP contribution in [0.4, 0.5) is 0 Å². The molecule has 1 saturated carbocycles. The van der Waals surface area contributed by atoms with Crippen LogP contribution in [0.5, 0.6) is 0 Å². The van der Waals surface area contributed by atoms with Crippen LogP contribution in [0.3, 0.4) is 0 Å². The number of aliphatic hydroxyl groups excluding tert-OH is 1. The van der Waals surface area contributed by atoms with Crippen molar-refractivity contribution in [3.63, 3.8) is 0 Å². The standard InChI is InChI=1S/C14H27NO2/c1-12(2)15(9-13-3-4-13)10-14(11-16)5-7-17-8-6-14/h12-13,16H,3-11H2,1-2H3. The number of ether oxygens (including phenoxy) is 1. The Labute approximate surface area is 105 Å². The lowest BCUT2D eigenvalue weighted by Gasteiger charge is -2.41. The lowest BCUT2D eigenvalue weighted by atomic mass is 9.80. The van der Waals surface area contributed by atoms with E-state index >= 15 is 0 Å². The molecule has 0 bridgehead atoms. The minimum Gasteiger partial charge on any atom is -0.396 e. The first-order chi connectivity index (χ1) is 8.15. The van der Waals surface area contributed by atoms with Crippen LogP contribution in [0.15, 0.2) is 0 Å². The predicted octanol–water partition coefficient (Wildman–Crippen LogP) is 1.90. The lowest BCUT2D eigenvalue weighted by Crippen LogP contribution is -2.46. The number of aliphatic hydroxyl groups is 1. The Morgan fingerprint density at radius 1 is 1.29 bits per heavy atom. The molecule has 0 amide bonds. The topological polar surface area (TPSA) is 32.7 Å². The molecule has 0 radical (unpaired) electrons. The Bertz CT molecular complexity index is 232. The summed E-state index contributed by atoms with van der Waals surface area (Å²) in [7, 11) is 0. The normalized spacial score (nSPS) is 24.5. The SMILES string of the molecule is CC(C)N(CC1CC1)CC1(CO)CCOCC1. The lowest BCUT2D eigenvalue weighted by molar-refractivity contribution is -0.0394. The third-order valence-electron chi connectivity index (χ3n) is 4.35. The van der Waals surface area contributed by atoms with Crippen molar-refractivity contribution < 1.29 is 9.84 Å². The first kappa shape index (κ1) is 13.3. The zero-order valence-corrected chi connectivity index (χ0v) is 11.3. The third-order valence-corrected chi connectivity index (χ3v) is 4.35. The van der Waals surface area contributed by atoms with Crippen molar-refractivity contribution in [2.24, 2.45) is 11.3 Å². The van der Waals surface area contributed by atoms with Crippen LogP contribution in [0.25, 0.3) is 0 Å². The van der Waals surface area contributed by atoms with Crippen molar-refractivity contribution in [3.8, 4) is 0 Å². The molecule has 2 fully saturated rings. The van der Waals surface area contributed by atoms with Gasteiger partial charge in [-0.2, -0.15) is 0 Å². The summed E-state index contributed by atoms with van der Waals surface area (Å²) in [6, 6.07) is 0.585. The van der Waals surface area contributed by atoms with E-state index in [2.05, 4.69) is 18.7 Å². The minimum atomic E-state index is 0.0947. The van der Waals surface area contributed by atoms with Crippen LogP contribution in [-0.4, -0.2) is 49.0 Å². The number of rotatable bonds is 6. The fraction of sp³-hybridized carbons (Fsp3) is 1.00. The second-order valence-electron chi connectivity index (χ2n) is 6.24. The van der Waals surface area contributed by atoms with Crippen LogP contribution in [0.1, 0.15) is 39.5 Å². The van der Waals surface area contributed by atoms with E-state index in [0.717, 1.165) is 38.5 Å². The van der Waals surface area contributed by atoms with E-state index in [1.54, 1.807) is 0 Å². The average molecular weight is 241 g/mol. The summed E-state index contributed by atoms with van der Waals surface area (Å²) >= 11 is 0. The van der Waals surface area contributed by atoms with Crippen molar-refractivity contribution in [2.45, 2.75) is 45.6 Å². The second kappa shape index (κ2) is 5.68. The van der Waals surface area contributed by atoms with E-state index in [1.165, 1.54) is 19.4 Å². The van der Waals surface area contributed by atoms with E-state index in [4.69, 9.17) is 4.74 Å². The summed E-state index contributed by atoms with van der Waals surface area (Å²) in [6.45, 7) is 8.75. The smallest absolute Gasteiger partial charge is 0.0501 e. The highest BCUT2D eigenvalue weighted by Crippen LogP contribution is 2.35. The fourth-order valence-electron chi connectivity index (χ4n) is 2.69. The second-order valence-corrected chi connectivity index (χ2v) is 6.24. The Morgan fingerprint density at radius 3 is 2.41 bits per heavy atom. The largest absolute Gasteiger partial charge is 0.396 e. The molecule has 100 valence electrons. The molecule has 17 heavy (non-hydrogen) atoms. The molecule has 1 aliphatic heterocycles. The Kier molecular flexibility index (Phi) is 4.45. The van der Waals surface area contributed by atoms with Gasteiger partial charge in [0.25, 0.3) is 0 Å². The van der Waals surface area contributed by atoms with Gasteiger partial charge in [0.05, 0.1) is 6.61 Å². The summed E-state index contributed by atoms with van der Waals surface area (Å²) < 4.78 is 5.43. The maximum Gasteiger partial charge on any atom is 0.0501 e. The Balaban J connectivity index is 1.93. The molecule has 0 aromatic heterocycles. The fourth-order valence-corrected chi connectivity index (χ4v) is 2.69. The molecule has 0 unspecified atom stereocenters. The van der Waals surface area contributed by atoms with E-state index < -0.39 is 0 Å². The van der Waals surface area contributed by atoms with Crippen LogP contribution in [0.2, 0.25) is 0 Å². The molecule has 0 aromatic rings. The number of hydrogen-bond acceptors (Lipinski definition) is 3. The first-order valence-corrected chi connectivity index (χ1v) is 7.08. The minimum absolute atomic E-state index is 0.0947. The summed E-state index contributed by atoms with van der Waals surface area (Å²) in [5.41, 5.74) is 0.0947. The monoisotopic (exact) mass is 241 g/mol. The van der Waals surface area contributed by atoms with Crippen LogP contribution in [0, 0.1) is 11.3 Å². The van der Waals surface area contributed by atoms with Gasteiger partial charge in [0.2, 0.25) is 0 Å². The molecule has 0 atom stereocenters. The van der Waals surface area contributed by atoms with E-state index in [-0.39, 0.29) is 5.41 Å². The molecule has 1 heterocycles. The van der Waals surface area contributed by atoms with Crippen LogP contribution >= 0.6 is 0 Å². The molecule has 2 rings (SSSR count). The molecule has 2 aliphatic rings. The Hall–Kier alpha value is -0.120. The van der Waals surface area contributed by atoms with Crippen molar-refractivity contribution >= 4 is 0 Å². The molecule has 0 spiro atoms. The molecular weight excluding hydrogens is 214 g/mol. The molecule has 1 saturated heterocycles. The van der Waals surface area contributed by atoms with Gasteiger partial charge in [0, 0.05) is 37.8 Å². The number of hydrogen-bond donors (Lipinski definition) is 1. The van der Waals surface area contributed by atoms with Gasteiger partial charge in [-0.15, -0.1) is 0 Å². The predicted molar refractivity (Wildman–Crippen MR) is 69.0 cm³/mol. The van der Waals surface area contributed by atoms with Gasteiger partial charge in [0.1, 0.15) is 0 Å². The van der Waals surface area contributed by atoms with Crippen LogP contribution in [-0.2, 0) is 4.74 Å². The van der Waals surface area contributed by atoms with Crippen molar-refractivity contribution in [1.82, 2.24) is 4.90 Å². The van der Waals surface area contributed by atoms with Gasteiger partial charge in [-0.1, -0.05) is 0 Å². The van der Waals surface area contributed by atoms with Gasteiger partial charge in [-0.3, -0.25) is 0 Å². The third kappa shape index (κ3) is 3.67. The van der Waals surface area contributed by atoms with E-state index in [0.29, 0.717) is 12.6 Å². The first-order valence-electron chi connectivity index (χ1n) is 7.08. The molecule has 3 nitrogen and oxygen atoms in total. The summed E-state index contributed by atoms with van der Waals surface area (Å²) in [5.74, 6) is 0.924. The molecule has 0 aromatic carbocycles. The van der Waals surface area contributed by atoms with Crippen molar-refractivity contribution in [3.05, 3.63) is 0 Å². The summed E-state index contributed by atoms with van der Waals surface area (Å²) in [6.07, 6.45) is 4.83. The van der Waals surface area contributed by atoms with E-state index in [9.17, 15) is 5.11 Å². The maximum atomic E-state index is 9.74. The zero-order chi connectivity index (χ0) is 12.3. The van der Waals surface area contributed by atoms with Crippen molar-refractivity contribution in [1.29, 1.82) is 0 Å². The van der Waals surface area contributed by atoms with Gasteiger partial charge in [0.15, 0.2) is 0 Å². The van der Waals surface area contributed by atoms with Gasteiger partial charge in [-0.05, 0) is 45.4 Å². The zero-order valence-electron chi connectivity index (χ0n) is 11.3. The van der Waals surface area contributed by atoms with Gasteiger partial charge in [-0.25, -0.2) is 0 Å². The van der Waals surface area contributed by atoms with Gasteiger partial charge < -0.3 is 14.7 Å². The highest BCUT2D eigenvalue weighted by molar-refractivity contribution is 4.88. The number of nitrogens with zero attached hydrogens (tertiary/aromatic N) is 1. The summed E-state index contributed by atoms with van der Waals surface area (Å²) in [4.78, 5) is 2.57. The van der Waals surface area contributed by atoms with Crippen molar-refractivity contribution in [2.75, 3.05) is 32.9 Å². The Morgan fingerprint density at radius 2 is 1.94 bits per heavy atom. The summed E-state index contributed by atoms with van der Waals surface area (Å²) in [5, 5.41) is 9.74. The molecule has 1 N–H and O–H groups in total. The van der Waals surface area contributed by atoms with Gasteiger partial charge >= 0.3 is 0 Å². The molecule has 3 heteroatoms. The van der Waals surface area contributed by atoms with E-state index in [1.807, 2.05) is 0 Å². The maximum absolute atomic E-state index is 9.74. The highest BCUT2D eigenvalue weighted by atomic mass is 16.5. The average Bonchev–Trinajstić information content (AvgIpc) is 3.13. The van der Waals surface area contributed by atoms with Crippen LogP contribution < -0.4 is 0 Å².